The van der Waals surface area contributed by atoms with Crippen LogP contribution in [0.5, 0.6) is 0 Å². The second-order valence-electron chi connectivity index (χ2n) is 17.4. The number of hydrogen-bond acceptors (Lipinski definition) is 7. The van der Waals surface area contributed by atoms with Crippen LogP contribution in [-0.4, -0.2) is 77.3 Å². The van der Waals surface area contributed by atoms with E-state index in [4.69, 9.17) is 9.47 Å². The standard InChI is InChI=1S/C50H93N3O6/c1-5-9-12-14-17-23-33-47(34-24-18-15-13-10-6-2)59-49(56)35-25-19-16-20-29-40-53(41-30-21-26-36-48(55)58-46(8-4)32-22-11-7-3)43-45(54)31-27-28-38-52-50(57)44-37-39-51-42-44/h37,39,42,45-47,51,54H,5-36,38,40-41,43H2,1-4H3,(H,52,57). The highest BCUT2D eigenvalue weighted by Crippen LogP contribution is 2.19. The predicted octanol–water partition coefficient (Wildman–Crippen LogP) is 12.8. The van der Waals surface area contributed by atoms with Crippen LogP contribution in [0.4, 0.5) is 0 Å². The van der Waals surface area contributed by atoms with Crippen LogP contribution in [0, 0.1) is 0 Å². The molecule has 59 heavy (non-hydrogen) atoms. The van der Waals surface area contributed by atoms with E-state index >= 15 is 0 Å². The van der Waals surface area contributed by atoms with Crippen molar-refractivity contribution in [2.24, 2.45) is 0 Å². The summed E-state index contributed by atoms with van der Waals surface area (Å²) in [7, 11) is 0. The molecule has 0 bridgehead atoms. The number of aliphatic hydroxyl groups excluding tert-OH is 1. The van der Waals surface area contributed by atoms with Crippen LogP contribution in [0.25, 0.3) is 0 Å². The number of rotatable bonds is 43. The average molecular weight is 832 g/mol. The Morgan fingerprint density at radius 3 is 1.61 bits per heavy atom. The summed E-state index contributed by atoms with van der Waals surface area (Å²) in [5, 5.41) is 13.9. The van der Waals surface area contributed by atoms with E-state index in [1.807, 2.05) is 0 Å². The van der Waals surface area contributed by atoms with E-state index in [1.165, 1.54) is 77.0 Å². The molecule has 1 heterocycles. The van der Waals surface area contributed by atoms with Crippen LogP contribution in [-0.2, 0) is 19.1 Å². The van der Waals surface area contributed by atoms with E-state index in [2.05, 4.69) is 42.9 Å². The molecule has 0 aromatic carbocycles. The Morgan fingerprint density at radius 2 is 1.05 bits per heavy atom. The smallest absolute Gasteiger partial charge is 0.306 e. The fourth-order valence-corrected chi connectivity index (χ4v) is 7.90. The number of aromatic nitrogens is 1. The molecule has 2 atom stereocenters. The van der Waals surface area contributed by atoms with Crippen molar-refractivity contribution in [1.29, 1.82) is 0 Å². The predicted molar refractivity (Wildman–Crippen MR) is 246 cm³/mol. The summed E-state index contributed by atoms with van der Waals surface area (Å²) in [6, 6.07) is 1.76. The molecular weight excluding hydrogens is 739 g/mol. The summed E-state index contributed by atoms with van der Waals surface area (Å²) in [5.41, 5.74) is 0.633. The third-order valence-electron chi connectivity index (χ3n) is 11.7. The molecule has 0 fully saturated rings. The average Bonchev–Trinajstić information content (AvgIpc) is 3.78. The number of unbranched alkanes of at least 4 members (excludes halogenated alkanes) is 19. The van der Waals surface area contributed by atoms with Gasteiger partial charge in [0.15, 0.2) is 0 Å². The van der Waals surface area contributed by atoms with E-state index < -0.39 is 6.10 Å². The SMILES string of the molecule is CCCCCCCCC(CCCCCCCC)OC(=O)CCCCCCCN(CCCCCC(=O)OC(CC)CCCCC)CC(O)CCCCNC(=O)c1cc[nH]c1. The molecule has 1 aromatic rings. The maximum absolute atomic E-state index is 12.9. The number of nitrogens with zero attached hydrogens (tertiary/aromatic N) is 1. The summed E-state index contributed by atoms with van der Waals surface area (Å²) in [5.74, 6) is -0.158. The zero-order chi connectivity index (χ0) is 43.0. The number of aliphatic hydroxyl groups is 1. The first kappa shape index (κ1) is 54.6. The summed E-state index contributed by atoms with van der Waals surface area (Å²) in [4.78, 5) is 42.9. The van der Waals surface area contributed by atoms with Gasteiger partial charge in [0.2, 0.25) is 0 Å². The summed E-state index contributed by atoms with van der Waals surface area (Å²) in [6.45, 7) is 11.9. The zero-order valence-corrected chi connectivity index (χ0v) is 38.9. The van der Waals surface area contributed by atoms with Gasteiger partial charge in [0.05, 0.1) is 11.7 Å². The lowest BCUT2D eigenvalue weighted by molar-refractivity contribution is -0.150. The Balaban J connectivity index is 2.46. The van der Waals surface area contributed by atoms with Crippen molar-refractivity contribution in [1.82, 2.24) is 15.2 Å². The molecule has 1 rings (SSSR count). The van der Waals surface area contributed by atoms with Gasteiger partial charge in [0, 0.05) is 38.3 Å². The van der Waals surface area contributed by atoms with Crippen LogP contribution < -0.4 is 5.32 Å². The number of aromatic amines is 1. The molecule has 1 amide bonds. The lowest BCUT2D eigenvalue weighted by Gasteiger charge is -2.25. The Morgan fingerprint density at radius 1 is 0.593 bits per heavy atom. The Bertz CT molecular complexity index is 1080. The fraction of sp³-hybridized carbons (Fsp3) is 0.860. The number of amides is 1. The number of esters is 2. The first-order valence-corrected chi connectivity index (χ1v) is 25.0. The lowest BCUT2D eigenvalue weighted by atomic mass is 10.0. The van der Waals surface area contributed by atoms with Crippen molar-refractivity contribution in [3.8, 4) is 0 Å². The molecule has 9 heteroatoms. The molecule has 2 unspecified atom stereocenters. The van der Waals surface area contributed by atoms with Gasteiger partial charge in [-0.3, -0.25) is 14.4 Å². The maximum atomic E-state index is 12.9. The van der Waals surface area contributed by atoms with Crippen molar-refractivity contribution < 1.29 is 29.0 Å². The summed E-state index contributed by atoms with van der Waals surface area (Å²) in [6.07, 6.45) is 37.0. The lowest BCUT2D eigenvalue weighted by Crippen LogP contribution is -2.34. The Hall–Kier alpha value is -2.39. The van der Waals surface area contributed by atoms with E-state index in [0.717, 1.165) is 122 Å². The fourth-order valence-electron chi connectivity index (χ4n) is 7.90. The third-order valence-corrected chi connectivity index (χ3v) is 11.7. The summed E-state index contributed by atoms with van der Waals surface area (Å²) >= 11 is 0. The second-order valence-corrected chi connectivity index (χ2v) is 17.4. The van der Waals surface area contributed by atoms with Gasteiger partial charge in [0.25, 0.3) is 5.91 Å². The van der Waals surface area contributed by atoms with E-state index in [0.29, 0.717) is 37.9 Å². The van der Waals surface area contributed by atoms with Crippen LogP contribution >= 0.6 is 0 Å². The van der Waals surface area contributed by atoms with Gasteiger partial charge in [-0.1, -0.05) is 130 Å². The largest absolute Gasteiger partial charge is 0.462 e. The minimum Gasteiger partial charge on any atom is -0.462 e. The van der Waals surface area contributed by atoms with E-state index in [9.17, 15) is 19.5 Å². The van der Waals surface area contributed by atoms with Crippen LogP contribution in [0.1, 0.15) is 244 Å². The molecule has 3 N–H and O–H groups in total. The van der Waals surface area contributed by atoms with Crippen LogP contribution in [0.2, 0.25) is 0 Å². The normalized spacial score (nSPS) is 12.6. The molecule has 0 aliphatic rings. The van der Waals surface area contributed by atoms with Gasteiger partial charge in [-0.25, -0.2) is 0 Å². The molecule has 0 saturated carbocycles. The number of carbonyl (C=O) groups excluding carboxylic acids is 3. The van der Waals surface area contributed by atoms with Crippen molar-refractivity contribution >= 4 is 17.8 Å². The molecule has 0 saturated heterocycles. The van der Waals surface area contributed by atoms with Gasteiger partial charge >= 0.3 is 11.9 Å². The third kappa shape index (κ3) is 33.0. The second kappa shape index (κ2) is 39.7. The molecule has 0 radical (unpaired) electrons. The topological polar surface area (TPSA) is 121 Å². The van der Waals surface area contributed by atoms with Crippen molar-refractivity contribution in [2.75, 3.05) is 26.2 Å². The minimum absolute atomic E-state index is 0.0133. The maximum Gasteiger partial charge on any atom is 0.306 e. The molecule has 0 aliphatic carbocycles. The van der Waals surface area contributed by atoms with Gasteiger partial charge in [-0.2, -0.15) is 0 Å². The summed E-state index contributed by atoms with van der Waals surface area (Å²) < 4.78 is 11.8. The molecule has 344 valence electrons. The molecule has 0 spiro atoms. The van der Waals surface area contributed by atoms with Crippen LogP contribution in [0.15, 0.2) is 18.5 Å². The van der Waals surface area contributed by atoms with Crippen molar-refractivity contribution in [3.63, 3.8) is 0 Å². The van der Waals surface area contributed by atoms with Gasteiger partial charge in [-0.15, -0.1) is 0 Å². The zero-order valence-electron chi connectivity index (χ0n) is 38.9. The van der Waals surface area contributed by atoms with Crippen molar-refractivity contribution in [3.05, 3.63) is 24.0 Å². The number of hydrogen-bond donors (Lipinski definition) is 3. The van der Waals surface area contributed by atoms with Crippen molar-refractivity contribution in [2.45, 2.75) is 251 Å². The molecular formula is C50H93N3O6. The first-order chi connectivity index (χ1) is 28.8. The van der Waals surface area contributed by atoms with E-state index in [1.54, 1.807) is 18.5 Å². The van der Waals surface area contributed by atoms with Gasteiger partial charge in [-0.05, 0) is 109 Å². The highest BCUT2D eigenvalue weighted by Gasteiger charge is 2.16. The number of carbonyl (C=O) groups is 3. The van der Waals surface area contributed by atoms with Gasteiger partial charge < -0.3 is 29.8 Å². The monoisotopic (exact) mass is 832 g/mol. The number of nitrogens with one attached hydrogen (secondary N) is 2. The quantitative estimate of drug-likeness (QED) is 0.0442. The van der Waals surface area contributed by atoms with E-state index in [-0.39, 0.29) is 30.1 Å². The molecule has 1 aromatic heterocycles. The Kier molecular flexibility index (Phi) is 36.8. The number of ether oxygens (including phenoxy) is 2. The van der Waals surface area contributed by atoms with Gasteiger partial charge in [0.1, 0.15) is 12.2 Å². The number of H-pyrrole nitrogens is 1. The molecule has 0 aliphatic heterocycles. The van der Waals surface area contributed by atoms with Crippen LogP contribution in [0.3, 0.4) is 0 Å². The minimum atomic E-state index is -0.416. The first-order valence-electron chi connectivity index (χ1n) is 25.0. The molecule has 9 nitrogen and oxygen atoms in total. The highest BCUT2D eigenvalue weighted by molar-refractivity contribution is 5.93. The Labute approximate surface area is 362 Å². The highest BCUT2D eigenvalue weighted by atomic mass is 16.5.